The SMILES string of the molecule is O=C(CCN1CCCC(CNC(=O)C2CCCN2)C1)NC1CCCC1. The Morgan fingerprint density at radius 1 is 1.04 bits per heavy atom. The molecule has 2 aliphatic heterocycles. The summed E-state index contributed by atoms with van der Waals surface area (Å²) < 4.78 is 0. The molecule has 3 fully saturated rings. The van der Waals surface area contributed by atoms with Crippen LogP contribution in [0.15, 0.2) is 0 Å². The first-order valence-electron chi connectivity index (χ1n) is 10.2. The van der Waals surface area contributed by atoms with Crippen LogP contribution >= 0.6 is 0 Å². The molecule has 2 amide bonds. The molecule has 3 rings (SSSR count). The predicted molar refractivity (Wildman–Crippen MR) is 98.2 cm³/mol. The first-order chi connectivity index (χ1) is 12.2. The topological polar surface area (TPSA) is 73.5 Å². The van der Waals surface area contributed by atoms with Crippen molar-refractivity contribution in [2.45, 2.75) is 69.9 Å². The standard InChI is InChI=1S/C19H34N4O2/c24-18(22-16-6-1-2-7-16)9-12-23-11-4-5-15(14-23)13-21-19(25)17-8-3-10-20-17/h15-17,20H,1-14H2,(H,21,25)(H,22,24). The lowest BCUT2D eigenvalue weighted by molar-refractivity contribution is -0.123. The van der Waals surface area contributed by atoms with Crippen molar-refractivity contribution >= 4 is 11.8 Å². The van der Waals surface area contributed by atoms with Crippen molar-refractivity contribution in [3.05, 3.63) is 0 Å². The van der Waals surface area contributed by atoms with Gasteiger partial charge in [0.2, 0.25) is 11.8 Å². The monoisotopic (exact) mass is 350 g/mol. The van der Waals surface area contributed by atoms with Gasteiger partial charge in [-0.15, -0.1) is 0 Å². The zero-order chi connectivity index (χ0) is 17.5. The second-order valence-corrected chi connectivity index (χ2v) is 8.00. The number of piperidine rings is 1. The van der Waals surface area contributed by atoms with Crippen molar-refractivity contribution in [1.29, 1.82) is 0 Å². The quantitative estimate of drug-likeness (QED) is 0.641. The molecule has 1 saturated carbocycles. The lowest BCUT2D eigenvalue weighted by atomic mass is 9.97. The molecule has 0 radical (unpaired) electrons. The number of amides is 2. The Balaban J connectivity index is 1.31. The average molecular weight is 351 g/mol. The van der Waals surface area contributed by atoms with Crippen LogP contribution in [0.4, 0.5) is 0 Å². The molecule has 2 heterocycles. The molecule has 6 heteroatoms. The molecule has 0 aromatic heterocycles. The van der Waals surface area contributed by atoms with E-state index in [1.807, 2.05) is 0 Å². The number of likely N-dealkylation sites (tertiary alicyclic amines) is 1. The molecule has 2 unspecified atom stereocenters. The third kappa shape index (κ3) is 5.96. The molecule has 2 saturated heterocycles. The van der Waals surface area contributed by atoms with Gasteiger partial charge in [0.15, 0.2) is 0 Å². The molecular formula is C19H34N4O2. The van der Waals surface area contributed by atoms with Gasteiger partial charge in [-0.25, -0.2) is 0 Å². The summed E-state index contributed by atoms with van der Waals surface area (Å²) >= 11 is 0. The van der Waals surface area contributed by atoms with Gasteiger partial charge in [0, 0.05) is 32.1 Å². The van der Waals surface area contributed by atoms with Gasteiger partial charge in [-0.3, -0.25) is 9.59 Å². The van der Waals surface area contributed by atoms with Gasteiger partial charge in [0.1, 0.15) is 0 Å². The fraction of sp³-hybridized carbons (Fsp3) is 0.895. The van der Waals surface area contributed by atoms with Gasteiger partial charge in [-0.05, 0) is 57.5 Å². The zero-order valence-corrected chi connectivity index (χ0v) is 15.4. The normalized spacial score (nSPS) is 28.2. The number of carbonyl (C=O) groups excluding carboxylic acids is 2. The minimum absolute atomic E-state index is 0.0129. The van der Waals surface area contributed by atoms with E-state index in [4.69, 9.17) is 0 Å². The molecule has 0 aromatic carbocycles. The minimum atomic E-state index is 0.0129. The third-order valence-corrected chi connectivity index (χ3v) is 5.92. The predicted octanol–water partition coefficient (Wildman–Crippen LogP) is 1.02. The van der Waals surface area contributed by atoms with E-state index in [0.29, 0.717) is 18.4 Å². The Labute approximate surface area is 151 Å². The van der Waals surface area contributed by atoms with Gasteiger partial charge in [0.25, 0.3) is 0 Å². The maximum absolute atomic E-state index is 12.1. The van der Waals surface area contributed by atoms with Crippen LogP contribution in [-0.2, 0) is 9.59 Å². The molecule has 0 aromatic rings. The van der Waals surface area contributed by atoms with E-state index in [1.54, 1.807) is 0 Å². The van der Waals surface area contributed by atoms with E-state index in [0.717, 1.165) is 64.8 Å². The number of hydrogen-bond donors (Lipinski definition) is 3. The van der Waals surface area contributed by atoms with Crippen LogP contribution in [0.1, 0.15) is 57.8 Å². The summed E-state index contributed by atoms with van der Waals surface area (Å²) in [6.45, 7) is 4.63. The molecule has 142 valence electrons. The van der Waals surface area contributed by atoms with Crippen LogP contribution < -0.4 is 16.0 Å². The Morgan fingerprint density at radius 3 is 2.64 bits per heavy atom. The summed E-state index contributed by atoms with van der Waals surface area (Å²) in [4.78, 5) is 26.6. The van der Waals surface area contributed by atoms with Gasteiger partial charge >= 0.3 is 0 Å². The Bertz CT molecular complexity index is 445. The second kappa shape index (κ2) is 9.53. The van der Waals surface area contributed by atoms with Gasteiger partial charge < -0.3 is 20.9 Å². The number of carbonyl (C=O) groups is 2. The molecule has 6 nitrogen and oxygen atoms in total. The molecule has 25 heavy (non-hydrogen) atoms. The Morgan fingerprint density at radius 2 is 1.88 bits per heavy atom. The second-order valence-electron chi connectivity index (χ2n) is 8.00. The van der Waals surface area contributed by atoms with Crippen molar-refractivity contribution in [3.8, 4) is 0 Å². The fourth-order valence-electron chi connectivity index (χ4n) is 4.43. The number of nitrogens with one attached hydrogen (secondary N) is 3. The smallest absolute Gasteiger partial charge is 0.237 e. The van der Waals surface area contributed by atoms with Crippen LogP contribution in [0.2, 0.25) is 0 Å². The van der Waals surface area contributed by atoms with Crippen molar-refractivity contribution in [3.63, 3.8) is 0 Å². The van der Waals surface area contributed by atoms with Crippen LogP contribution in [-0.4, -0.2) is 61.5 Å². The van der Waals surface area contributed by atoms with Crippen LogP contribution in [0.3, 0.4) is 0 Å². The zero-order valence-electron chi connectivity index (χ0n) is 15.4. The highest BCUT2D eigenvalue weighted by Crippen LogP contribution is 2.18. The van der Waals surface area contributed by atoms with E-state index < -0.39 is 0 Å². The van der Waals surface area contributed by atoms with Crippen LogP contribution in [0, 0.1) is 5.92 Å². The van der Waals surface area contributed by atoms with Gasteiger partial charge in [-0.1, -0.05) is 12.8 Å². The first-order valence-corrected chi connectivity index (χ1v) is 10.2. The van der Waals surface area contributed by atoms with Crippen molar-refractivity contribution < 1.29 is 9.59 Å². The summed E-state index contributed by atoms with van der Waals surface area (Å²) in [6, 6.07) is 0.431. The summed E-state index contributed by atoms with van der Waals surface area (Å²) in [5.41, 5.74) is 0. The van der Waals surface area contributed by atoms with E-state index >= 15 is 0 Å². The minimum Gasteiger partial charge on any atom is -0.354 e. The molecule has 0 spiro atoms. The number of hydrogen-bond acceptors (Lipinski definition) is 4. The first kappa shape index (κ1) is 18.6. The maximum atomic E-state index is 12.1. The molecule has 1 aliphatic carbocycles. The van der Waals surface area contributed by atoms with E-state index in [-0.39, 0.29) is 17.9 Å². The third-order valence-electron chi connectivity index (χ3n) is 5.92. The summed E-state index contributed by atoms with van der Waals surface area (Å²) in [6.07, 6.45) is 9.77. The number of nitrogens with zero attached hydrogens (tertiary/aromatic N) is 1. The average Bonchev–Trinajstić information content (AvgIpc) is 3.32. The lowest BCUT2D eigenvalue weighted by Gasteiger charge is -2.33. The fourth-order valence-corrected chi connectivity index (χ4v) is 4.43. The van der Waals surface area contributed by atoms with Crippen molar-refractivity contribution in [1.82, 2.24) is 20.9 Å². The number of rotatable bonds is 7. The summed E-state index contributed by atoms with van der Waals surface area (Å²) in [5, 5.41) is 9.54. The molecular weight excluding hydrogens is 316 g/mol. The Kier molecular flexibility index (Phi) is 7.11. The van der Waals surface area contributed by atoms with Gasteiger partial charge in [-0.2, -0.15) is 0 Å². The molecule has 2 atom stereocenters. The summed E-state index contributed by atoms with van der Waals surface area (Å²) in [7, 11) is 0. The van der Waals surface area contributed by atoms with E-state index in [2.05, 4.69) is 20.9 Å². The maximum Gasteiger partial charge on any atom is 0.237 e. The highest BCUT2D eigenvalue weighted by Gasteiger charge is 2.25. The van der Waals surface area contributed by atoms with E-state index in [1.165, 1.54) is 19.3 Å². The molecule has 3 aliphatic rings. The highest BCUT2D eigenvalue weighted by atomic mass is 16.2. The van der Waals surface area contributed by atoms with Crippen molar-refractivity contribution in [2.75, 3.05) is 32.7 Å². The lowest BCUT2D eigenvalue weighted by Crippen LogP contribution is -2.46. The molecule has 3 N–H and O–H groups in total. The molecule has 0 bridgehead atoms. The summed E-state index contributed by atoms with van der Waals surface area (Å²) in [5.74, 6) is 0.872. The Hall–Kier alpha value is -1.14. The van der Waals surface area contributed by atoms with Crippen LogP contribution in [0.25, 0.3) is 0 Å². The van der Waals surface area contributed by atoms with Crippen molar-refractivity contribution in [2.24, 2.45) is 5.92 Å². The van der Waals surface area contributed by atoms with E-state index in [9.17, 15) is 9.59 Å². The van der Waals surface area contributed by atoms with Crippen LogP contribution in [0.5, 0.6) is 0 Å². The van der Waals surface area contributed by atoms with Gasteiger partial charge in [0.05, 0.1) is 6.04 Å². The highest BCUT2D eigenvalue weighted by molar-refractivity contribution is 5.82. The largest absolute Gasteiger partial charge is 0.354 e.